The number of likely N-dealkylation sites (tertiary alicyclic amines) is 1. The largest absolute Gasteiger partial charge is 0.378 e. The Labute approximate surface area is 61.3 Å². The zero-order valence-corrected chi connectivity index (χ0v) is 6.32. The van der Waals surface area contributed by atoms with Crippen LogP contribution in [0.3, 0.4) is 0 Å². The van der Waals surface area contributed by atoms with Gasteiger partial charge in [-0.05, 0) is 19.3 Å². The molecular weight excluding hydrogens is 130 g/mol. The van der Waals surface area contributed by atoms with Gasteiger partial charge in [0, 0.05) is 6.54 Å². The SMILES string of the molecule is CCN1C(O)CCCC1O. The molecule has 0 bridgehead atoms. The molecule has 2 N–H and O–H groups in total. The van der Waals surface area contributed by atoms with Gasteiger partial charge in [0.05, 0.1) is 0 Å². The highest BCUT2D eigenvalue weighted by atomic mass is 16.3. The third kappa shape index (κ3) is 1.48. The molecule has 0 aromatic heterocycles. The van der Waals surface area contributed by atoms with Crippen LogP contribution in [0.5, 0.6) is 0 Å². The number of aliphatic hydroxyl groups is 2. The van der Waals surface area contributed by atoms with Gasteiger partial charge in [0.2, 0.25) is 0 Å². The van der Waals surface area contributed by atoms with Crippen LogP contribution in [0, 0.1) is 0 Å². The Morgan fingerprint density at radius 3 is 2.10 bits per heavy atom. The van der Waals surface area contributed by atoms with Crippen molar-refractivity contribution < 1.29 is 10.2 Å². The van der Waals surface area contributed by atoms with Gasteiger partial charge >= 0.3 is 0 Å². The molecule has 1 aliphatic rings. The number of nitrogens with zero attached hydrogens (tertiary/aromatic N) is 1. The summed E-state index contributed by atoms with van der Waals surface area (Å²) in [7, 11) is 0. The first kappa shape index (κ1) is 7.98. The second-order valence-corrected chi connectivity index (χ2v) is 2.72. The van der Waals surface area contributed by atoms with Crippen LogP contribution < -0.4 is 0 Å². The number of hydrogen-bond donors (Lipinski definition) is 2. The first-order valence-electron chi connectivity index (χ1n) is 3.87. The van der Waals surface area contributed by atoms with Crippen molar-refractivity contribution in [1.82, 2.24) is 4.90 Å². The normalized spacial score (nSPS) is 36.3. The van der Waals surface area contributed by atoms with Gasteiger partial charge in [0.1, 0.15) is 12.5 Å². The lowest BCUT2D eigenvalue weighted by molar-refractivity contribution is -0.127. The van der Waals surface area contributed by atoms with Crippen molar-refractivity contribution in [3.8, 4) is 0 Å². The molecule has 0 amide bonds. The molecule has 3 heteroatoms. The van der Waals surface area contributed by atoms with E-state index in [9.17, 15) is 10.2 Å². The Hall–Kier alpha value is -0.120. The summed E-state index contributed by atoms with van der Waals surface area (Å²) in [5.74, 6) is 0. The van der Waals surface area contributed by atoms with Crippen LogP contribution in [0.25, 0.3) is 0 Å². The molecule has 0 spiro atoms. The number of hydrogen-bond acceptors (Lipinski definition) is 3. The topological polar surface area (TPSA) is 43.7 Å². The molecule has 3 nitrogen and oxygen atoms in total. The Balaban J connectivity index is 2.45. The molecule has 0 saturated carbocycles. The average molecular weight is 145 g/mol. The number of aliphatic hydroxyl groups excluding tert-OH is 2. The average Bonchev–Trinajstić information content (AvgIpc) is 1.88. The summed E-state index contributed by atoms with van der Waals surface area (Å²) < 4.78 is 0. The summed E-state index contributed by atoms with van der Waals surface area (Å²) in [4.78, 5) is 1.71. The second kappa shape index (κ2) is 3.32. The van der Waals surface area contributed by atoms with Crippen molar-refractivity contribution in [2.24, 2.45) is 0 Å². The first-order chi connectivity index (χ1) is 4.75. The standard InChI is InChI=1S/C7H15NO2/c1-2-8-6(9)4-3-5-7(8)10/h6-7,9-10H,2-5H2,1H3. The van der Waals surface area contributed by atoms with Crippen LogP contribution in [-0.4, -0.2) is 34.1 Å². The maximum absolute atomic E-state index is 9.31. The highest BCUT2D eigenvalue weighted by Crippen LogP contribution is 2.18. The van der Waals surface area contributed by atoms with Gasteiger partial charge in [0.15, 0.2) is 0 Å². The molecule has 1 aliphatic heterocycles. The molecule has 1 saturated heterocycles. The molecule has 0 aliphatic carbocycles. The Kier molecular flexibility index (Phi) is 2.65. The lowest BCUT2D eigenvalue weighted by Crippen LogP contribution is -2.46. The zero-order valence-electron chi connectivity index (χ0n) is 6.32. The van der Waals surface area contributed by atoms with Crippen molar-refractivity contribution in [3.63, 3.8) is 0 Å². The lowest BCUT2D eigenvalue weighted by atomic mass is 10.1. The zero-order chi connectivity index (χ0) is 7.56. The molecule has 1 fully saturated rings. The minimum absolute atomic E-state index is 0.422. The van der Waals surface area contributed by atoms with Crippen molar-refractivity contribution in [1.29, 1.82) is 0 Å². The van der Waals surface area contributed by atoms with Gasteiger partial charge in [-0.25, -0.2) is 0 Å². The maximum atomic E-state index is 9.31. The van der Waals surface area contributed by atoms with E-state index in [4.69, 9.17) is 0 Å². The fraction of sp³-hybridized carbons (Fsp3) is 1.00. The minimum Gasteiger partial charge on any atom is -0.378 e. The molecule has 0 aromatic carbocycles. The van der Waals surface area contributed by atoms with E-state index in [1.165, 1.54) is 0 Å². The second-order valence-electron chi connectivity index (χ2n) is 2.72. The molecule has 2 unspecified atom stereocenters. The molecule has 10 heavy (non-hydrogen) atoms. The van der Waals surface area contributed by atoms with E-state index in [-0.39, 0.29) is 0 Å². The van der Waals surface area contributed by atoms with E-state index in [1.807, 2.05) is 6.92 Å². The van der Waals surface area contributed by atoms with Gasteiger partial charge < -0.3 is 10.2 Å². The van der Waals surface area contributed by atoms with Gasteiger partial charge in [-0.15, -0.1) is 0 Å². The van der Waals surface area contributed by atoms with E-state index in [1.54, 1.807) is 4.90 Å². The van der Waals surface area contributed by atoms with E-state index < -0.39 is 12.5 Å². The Bertz CT molecular complexity index is 97.8. The van der Waals surface area contributed by atoms with Crippen LogP contribution in [0.15, 0.2) is 0 Å². The lowest BCUT2D eigenvalue weighted by Gasteiger charge is -2.35. The van der Waals surface area contributed by atoms with Crippen LogP contribution in [-0.2, 0) is 0 Å². The van der Waals surface area contributed by atoms with Gasteiger partial charge in [-0.3, -0.25) is 4.90 Å². The number of rotatable bonds is 1. The summed E-state index contributed by atoms with van der Waals surface area (Å²) in [6.07, 6.45) is 1.68. The third-order valence-electron chi connectivity index (χ3n) is 2.06. The maximum Gasteiger partial charge on any atom is 0.109 e. The van der Waals surface area contributed by atoms with Crippen molar-refractivity contribution in [2.75, 3.05) is 6.54 Å². The monoisotopic (exact) mass is 145 g/mol. The van der Waals surface area contributed by atoms with Crippen molar-refractivity contribution in [2.45, 2.75) is 38.6 Å². The van der Waals surface area contributed by atoms with E-state index in [0.717, 1.165) is 25.8 Å². The third-order valence-corrected chi connectivity index (χ3v) is 2.06. The van der Waals surface area contributed by atoms with Crippen LogP contribution in [0.2, 0.25) is 0 Å². The molecule has 1 heterocycles. The molecule has 2 atom stereocenters. The molecule has 60 valence electrons. The summed E-state index contributed by atoms with van der Waals surface area (Å²) >= 11 is 0. The summed E-state index contributed by atoms with van der Waals surface area (Å²) in [5, 5.41) is 18.6. The molecule has 0 aromatic rings. The highest BCUT2D eigenvalue weighted by molar-refractivity contribution is 4.70. The van der Waals surface area contributed by atoms with E-state index in [2.05, 4.69) is 0 Å². The van der Waals surface area contributed by atoms with Crippen LogP contribution in [0.4, 0.5) is 0 Å². The van der Waals surface area contributed by atoms with Gasteiger partial charge in [-0.2, -0.15) is 0 Å². The Morgan fingerprint density at radius 1 is 1.30 bits per heavy atom. The smallest absolute Gasteiger partial charge is 0.109 e. The predicted molar refractivity (Wildman–Crippen MR) is 38.2 cm³/mol. The number of piperidine rings is 1. The van der Waals surface area contributed by atoms with Gasteiger partial charge in [0.25, 0.3) is 0 Å². The van der Waals surface area contributed by atoms with E-state index in [0.29, 0.717) is 0 Å². The first-order valence-corrected chi connectivity index (χ1v) is 3.87. The quantitative estimate of drug-likeness (QED) is 0.551. The van der Waals surface area contributed by atoms with E-state index >= 15 is 0 Å². The minimum atomic E-state index is -0.422. The summed E-state index contributed by atoms with van der Waals surface area (Å²) in [5.41, 5.74) is 0. The summed E-state index contributed by atoms with van der Waals surface area (Å²) in [6, 6.07) is 0. The predicted octanol–water partition coefficient (Wildman–Crippen LogP) is 0.129. The van der Waals surface area contributed by atoms with Gasteiger partial charge in [-0.1, -0.05) is 6.92 Å². The van der Waals surface area contributed by atoms with Crippen LogP contribution in [0.1, 0.15) is 26.2 Å². The summed E-state index contributed by atoms with van der Waals surface area (Å²) in [6.45, 7) is 2.67. The molecule has 1 rings (SSSR count). The molecular formula is C7H15NO2. The van der Waals surface area contributed by atoms with Crippen molar-refractivity contribution >= 4 is 0 Å². The Morgan fingerprint density at radius 2 is 1.80 bits per heavy atom. The fourth-order valence-corrected chi connectivity index (χ4v) is 1.43. The highest BCUT2D eigenvalue weighted by Gasteiger charge is 2.25. The van der Waals surface area contributed by atoms with Crippen LogP contribution >= 0.6 is 0 Å². The fourth-order valence-electron chi connectivity index (χ4n) is 1.43. The molecule has 0 radical (unpaired) electrons. The van der Waals surface area contributed by atoms with Crippen molar-refractivity contribution in [3.05, 3.63) is 0 Å².